The fraction of sp³-hybridized carbons (Fsp3) is 0.438. The molecule has 0 unspecified atom stereocenters. The first-order valence-electron chi connectivity index (χ1n) is 7.68. The van der Waals surface area contributed by atoms with Crippen LogP contribution in [0.2, 0.25) is 0 Å². The van der Waals surface area contributed by atoms with Crippen molar-refractivity contribution in [3.63, 3.8) is 0 Å². The van der Waals surface area contributed by atoms with Crippen molar-refractivity contribution in [2.75, 3.05) is 6.54 Å². The molecule has 5 nitrogen and oxygen atoms in total. The zero-order valence-corrected chi connectivity index (χ0v) is 13.2. The third-order valence-corrected chi connectivity index (χ3v) is 5.96. The van der Waals surface area contributed by atoms with Crippen LogP contribution < -0.4 is 10.5 Å². The van der Waals surface area contributed by atoms with Gasteiger partial charge in [0.05, 0.1) is 10.4 Å². The molecule has 2 aromatic rings. The van der Waals surface area contributed by atoms with E-state index in [4.69, 9.17) is 5.73 Å². The van der Waals surface area contributed by atoms with E-state index < -0.39 is 10.0 Å². The second kappa shape index (κ2) is 6.32. The number of aromatic nitrogens is 1. The highest BCUT2D eigenvalue weighted by Crippen LogP contribution is 2.27. The molecule has 3 N–H and O–H groups in total. The van der Waals surface area contributed by atoms with Crippen LogP contribution in [0, 0.1) is 5.92 Å². The first kappa shape index (κ1) is 15.4. The summed E-state index contributed by atoms with van der Waals surface area (Å²) in [6, 6.07) is 8.65. The molecule has 0 spiro atoms. The maximum absolute atomic E-state index is 12.8. The number of benzene rings is 1. The molecule has 1 aromatic heterocycles. The van der Waals surface area contributed by atoms with E-state index >= 15 is 0 Å². The zero-order chi connectivity index (χ0) is 15.6. The third kappa shape index (κ3) is 2.99. The van der Waals surface area contributed by atoms with Crippen LogP contribution >= 0.6 is 0 Å². The Morgan fingerprint density at radius 3 is 2.82 bits per heavy atom. The van der Waals surface area contributed by atoms with Gasteiger partial charge in [0.2, 0.25) is 10.0 Å². The molecule has 1 fully saturated rings. The molecule has 1 aliphatic carbocycles. The standard InChI is InChI=1S/C16H21N3O2S/c17-11-12-5-1-2-7-14(12)19-22(20,21)16-9-3-8-15-13(16)6-4-10-18-15/h3-4,6,8-10,12,14,19H,1-2,5,7,11,17H2/t12-,14+/m1/s1. The van der Waals surface area contributed by atoms with Crippen molar-refractivity contribution < 1.29 is 8.42 Å². The number of pyridine rings is 1. The molecule has 0 bridgehead atoms. The Hall–Kier alpha value is -1.50. The Kier molecular flexibility index (Phi) is 4.42. The predicted molar refractivity (Wildman–Crippen MR) is 86.9 cm³/mol. The molecule has 1 aromatic carbocycles. The lowest BCUT2D eigenvalue weighted by Gasteiger charge is -2.31. The summed E-state index contributed by atoms with van der Waals surface area (Å²) in [6.45, 7) is 0.518. The van der Waals surface area contributed by atoms with Crippen LogP contribution in [-0.4, -0.2) is 26.0 Å². The lowest BCUT2D eigenvalue weighted by molar-refractivity contribution is 0.296. The molecule has 2 atom stereocenters. The number of rotatable bonds is 4. The summed E-state index contributed by atoms with van der Waals surface area (Å²) in [6.07, 6.45) is 5.67. The molecule has 0 radical (unpaired) electrons. The van der Waals surface area contributed by atoms with Crippen molar-refractivity contribution in [1.29, 1.82) is 0 Å². The van der Waals surface area contributed by atoms with E-state index in [0.717, 1.165) is 25.7 Å². The number of nitrogens with two attached hydrogens (primary N) is 1. The van der Waals surface area contributed by atoms with Crippen LogP contribution in [-0.2, 0) is 10.0 Å². The van der Waals surface area contributed by atoms with Crippen LogP contribution in [0.4, 0.5) is 0 Å². The zero-order valence-electron chi connectivity index (χ0n) is 12.4. The average Bonchev–Trinajstić information content (AvgIpc) is 2.54. The van der Waals surface area contributed by atoms with E-state index in [1.807, 2.05) is 6.07 Å². The number of hydrogen-bond donors (Lipinski definition) is 2. The van der Waals surface area contributed by atoms with Crippen LogP contribution in [0.15, 0.2) is 41.4 Å². The van der Waals surface area contributed by atoms with Crippen LogP contribution in [0.25, 0.3) is 10.9 Å². The van der Waals surface area contributed by atoms with Crippen molar-refractivity contribution in [2.45, 2.75) is 36.6 Å². The van der Waals surface area contributed by atoms with Gasteiger partial charge in [-0.15, -0.1) is 0 Å². The molecule has 0 aliphatic heterocycles. The molecule has 0 amide bonds. The second-order valence-corrected chi connectivity index (χ2v) is 7.52. The first-order chi connectivity index (χ1) is 10.6. The predicted octanol–water partition coefficient (Wildman–Crippen LogP) is 2.03. The Bertz CT molecular complexity index is 756. The minimum Gasteiger partial charge on any atom is -0.330 e. The lowest BCUT2D eigenvalue weighted by atomic mass is 9.85. The number of nitrogens with zero attached hydrogens (tertiary/aromatic N) is 1. The molecular weight excluding hydrogens is 298 g/mol. The Labute approximate surface area is 131 Å². The Morgan fingerprint density at radius 1 is 1.18 bits per heavy atom. The average molecular weight is 319 g/mol. The normalized spacial score (nSPS) is 22.8. The highest BCUT2D eigenvalue weighted by Gasteiger charge is 2.29. The minimum atomic E-state index is -3.58. The smallest absolute Gasteiger partial charge is 0.241 e. The van der Waals surface area contributed by atoms with Gasteiger partial charge in [-0.2, -0.15) is 0 Å². The number of nitrogens with one attached hydrogen (secondary N) is 1. The lowest BCUT2D eigenvalue weighted by Crippen LogP contribution is -2.44. The maximum atomic E-state index is 12.8. The monoisotopic (exact) mass is 319 g/mol. The highest BCUT2D eigenvalue weighted by atomic mass is 32.2. The van der Waals surface area contributed by atoms with Crippen LogP contribution in [0.5, 0.6) is 0 Å². The van der Waals surface area contributed by atoms with Gasteiger partial charge < -0.3 is 5.73 Å². The number of hydrogen-bond acceptors (Lipinski definition) is 4. The molecule has 3 rings (SSSR count). The summed E-state index contributed by atoms with van der Waals surface area (Å²) in [4.78, 5) is 4.51. The van der Waals surface area contributed by atoms with Crippen molar-refractivity contribution >= 4 is 20.9 Å². The van der Waals surface area contributed by atoms with Gasteiger partial charge in [0.15, 0.2) is 0 Å². The van der Waals surface area contributed by atoms with E-state index in [1.165, 1.54) is 0 Å². The molecule has 22 heavy (non-hydrogen) atoms. The quantitative estimate of drug-likeness (QED) is 0.903. The molecule has 0 saturated heterocycles. The van der Waals surface area contributed by atoms with Crippen molar-refractivity contribution in [1.82, 2.24) is 9.71 Å². The Morgan fingerprint density at radius 2 is 2.00 bits per heavy atom. The molecule has 118 valence electrons. The van der Waals surface area contributed by atoms with Gasteiger partial charge in [-0.25, -0.2) is 13.1 Å². The summed E-state index contributed by atoms with van der Waals surface area (Å²) >= 11 is 0. The summed E-state index contributed by atoms with van der Waals surface area (Å²) in [5.41, 5.74) is 6.48. The molecule has 1 heterocycles. The van der Waals surface area contributed by atoms with Gasteiger partial charge in [-0.05, 0) is 49.6 Å². The number of sulfonamides is 1. The van der Waals surface area contributed by atoms with E-state index in [0.29, 0.717) is 22.3 Å². The van der Waals surface area contributed by atoms with Gasteiger partial charge in [0.25, 0.3) is 0 Å². The maximum Gasteiger partial charge on any atom is 0.241 e. The Balaban J connectivity index is 1.95. The van der Waals surface area contributed by atoms with Crippen molar-refractivity contribution in [3.05, 3.63) is 36.5 Å². The van der Waals surface area contributed by atoms with E-state index in [1.54, 1.807) is 30.5 Å². The largest absolute Gasteiger partial charge is 0.330 e. The fourth-order valence-electron chi connectivity index (χ4n) is 3.22. The van der Waals surface area contributed by atoms with Crippen LogP contribution in [0.3, 0.4) is 0 Å². The summed E-state index contributed by atoms with van der Waals surface area (Å²) in [5.74, 6) is 0.219. The summed E-state index contributed by atoms with van der Waals surface area (Å²) in [5, 5.41) is 0.651. The second-order valence-electron chi connectivity index (χ2n) is 5.83. The summed E-state index contributed by atoms with van der Waals surface area (Å²) in [7, 11) is -3.58. The van der Waals surface area contributed by atoms with Gasteiger partial charge in [0, 0.05) is 17.6 Å². The fourth-order valence-corrected chi connectivity index (χ4v) is 4.77. The van der Waals surface area contributed by atoms with E-state index in [2.05, 4.69) is 9.71 Å². The van der Waals surface area contributed by atoms with E-state index in [-0.39, 0.29) is 12.0 Å². The molecule has 1 saturated carbocycles. The highest BCUT2D eigenvalue weighted by molar-refractivity contribution is 7.89. The first-order valence-corrected chi connectivity index (χ1v) is 9.16. The van der Waals surface area contributed by atoms with Gasteiger partial charge >= 0.3 is 0 Å². The van der Waals surface area contributed by atoms with Crippen LogP contribution in [0.1, 0.15) is 25.7 Å². The van der Waals surface area contributed by atoms with Gasteiger partial charge in [-0.1, -0.05) is 18.9 Å². The summed E-state index contributed by atoms with van der Waals surface area (Å²) < 4.78 is 28.5. The minimum absolute atomic E-state index is 0.0734. The molecule has 1 aliphatic rings. The molecule has 6 heteroatoms. The van der Waals surface area contributed by atoms with Gasteiger partial charge in [0.1, 0.15) is 0 Å². The number of fused-ring (bicyclic) bond motifs is 1. The van der Waals surface area contributed by atoms with Crippen molar-refractivity contribution in [3.8, 4) is 0 Å². The SMILES string of the molecule is NC[C@H]1CCCC[C@@H]1NS(=O)(=O)c1cccc2ncccc12. The topological polar surface area (TPSA) is 85.1 Å². The van der Waals surface area contributed by atoms with E-state index in [9.17, 15) is 8.42 Å². The third-order valence-electron chi connectivity index (χ3n) is 4.41. The van der Waals surface area contributed by atoms with Gasteiger partial charge in [-0.3, -0.25) is 4.98 Å². The molecular formula is C16H21N3O2S. The van der Waals surface area contributed by atoms with Crippen molar-refractivity contribution in [2.24, 2.45) is 11.7 Å².